The molecular formula is C21H25N5O2S. The van der Waals surface area contributed by atoms with Gasteiger partial charge < -0.3 is 9.42 Å². The van der Waals surface area contributed by atoms with Crippen LogP contribution in [0.4, 0.5) is 0 Å². The lowest BCUT2D eigenvalue weighted by Gasteiger charge is -2.30. The molecule has 29 heavy (non-hydrogen) atoms. The molecule has 1 fully saturated rings. The number of hydrogen-bond acceptors (Lipinski definition) is 7. The van der Waals surface area contributed by atoms with Gasteiger partial charge in [-0.3, -0.25) is 4.79 Å². The van der Waals surface area contributed by atoms with Gasteiger partial charge in [0.05, 0.1) is 21.3 Å². The van der Waals surface area contributed by atoms with E-state index in [0.29, 0.717) is 24.7 Å². The van der Waals surface area contributed by atoms with Crippen molar-refractivity contribution < 1.29 is 9.32 Å². The predicted octanol–water partition coefficient (Wildman–Crippen LogP) is 4.18. The number of piperidine rings is 1. The van der Waals surface area contributed by atoms with Crippen molar-refractivity contribution in [2.45, 2.75) is 52.4 Å². The zero-order valence-corrected chi connectivity index (χ0v) is 17.8. The van der Waals surface area contributed by atoms with Crippen LogP contribution in [0, 0.1) is 13.8 Å². The van der Waals surface area contributed by atoms with Crippen molar-refractivity contribution in [2.75, 3.05) is 13.1 Å². The quantitative estimate of drug-likeness (QED) is 0.626. The average Bonchev–Trinajstić information content (AvgIpc) is 3.35. The number of carbonyl (C=O) groups is 1. The van der Waals surface area contributed by atoms with Gasteiger partial charge in [0.1, 0.15) is 11.6 Å². The summed E-state index contributed by atoms with van der Waals surface area (Å²) < 4.78 is 5.26. The number of aromatic nitrogens is 4. The molecule has 0 aliphatic carbocycles. The molecule has 0 spiro atoms. The summed E-state index contributed by atoms with van der Waals surface area (Å²) in [4.78, 5) is 29.2. The van der Waals surface area contributed by atoms with Crippen molar-refractivity contribution in [1.82, 2.24) is 25.0 Å². The predicted molar refractivity (Wildman–Crippen MR) is 111 cm³/mol. The minimum absolute atomic E-state index is 0.0398. The maximum absolute atomic E-state index is 12.7. The van der Waals surface area contributed by atoms with Gasteiger partial charge in [-0.1, -0.05) is 12.1 Å². The zero-order chi connectivity index (χ0) is 20.4. The number of aryl methyl sites for hydroxylation is 3. The molecule has 1 aliphatic heterocycles. The Balaban J connectivity index is 1.42. The van der Waals surface area contributed by atoms with E-state index in [1.165, 1.54) is 0 Å². The molecule has 0 N–H and O–H groups in total. The first-order valence-corrected chi connectivity index (χ1v) is 10.9. The smallest absolute Gasteiger partial charge is 0.276 e. The lowest BCUT2D eigenvalue weighted by Crippen LogP contribution is -2.38. The van der Waals surface area contributed by atoms with E-state index >= 15 is 0 Å². The standard InChI is InChI=1S/C21H25N5O2S/c1-4-5-16-12-18(25-28-16)21(27)26-10-7-15(8-11-26)20-23-13(2)19(29-20)17-6-9-22-14(3)24-17/h6,9,12,15H,4-5,7-8,10-11H2,1-3H3. The molecule has 4 heterocycles. The molecule has 1 saturated heterocycles. The molecule has 0 bridgehead atoms. The van der Waals surface area contributed by atoms with Gasteiger partial charge in [0.25, 0.3) is 5.91 Å². The van der Waals surface area contributed by atoms with Gasteiger partial charge in [-0.15, -0.1) is 11.3 Å². The van der Waals surface area contributed by atoms with Crippen molar-refractivity contribution in [3.63, 3.8) is 0 Å². The van der Waals surface area contributed by atoms with E-state index in [0.717, 1.165) is 58.5 Å². The van der Waals surface area contributed by atoms with Crippen LogP contribution < -0.4 is 0 Å². The van der Waals surface area contributed by atoms with Gasteiger partial charge in [-0.05, 0) is 39.2 Å². The number of carbonyl (C=O) groups excluding carboxylic acids is 1. The van der Waals surface area contributed by atoms with E-state index in [4.69, 9.17) is 9.51 Å². The Morgan fingerprint density at radius 2 is 2.07 bits per heavy atom. The van der Waals surface area contributed by atoms with Crippen molar-refractivity contribution >= 4 is 17.2 Å². The van der Waals surface area contributed by atoms with Crippen LogP contribution in [0.5, 0.6) is 0 Å². The molecule has 0 unspecified atom stereocenters. The second-order valence-electron chi connectivity index (χ2n) is 7.45. The summed E-state index contributed by atoms with van der Waals surface area (Å²) in [6.07, 6.45) is 5.37. The minimum atomic E-state index is -0.0398. The Bertz CT molecular complexity index is 1000. The number of nitrogens with zero attached hydrogens (tertiary/aromatic N) is 5. The second-order valence-corrected chi connectivity index (χ2v) is 8.48. The summed E-state index contributed by atoms with van der Waals surface area (Å²) >= 11 is 1.71. The van der Waals surface area contributed by atoms with Crippen LogP contribution in [0.3, 0.4) is 0 Å². The highest BCUT2D eigenvalue weighted by Crippen LogP contribution is 2.36. The van der Waals surface area contributed by atoms with Crippen molar-refractivity contribution in [3.8, 4) is 10.6 Å². The number of rotatable bonds is 5. The first-order chi connectivity index (χ1) is 14.0. The normalized spacial score (nSPS) is 15.1. The fourth-order valence-corrected chi connectivity index (χ4v) is 4.89. The van der Waals surface area contributed by atoms with Crippen LogP contribution >= 0.6 is 11.3 Å². The lowest BCUT2D eigenvalue weighted by atomic mass is 9.97. The lowest BCUT2D eigenvalue weighted by molar-refractivity contribution is 0.0702. The third kappa shape index (κ3) is 4.22. The van der Waals surface area contributed by atoms with Gasteiger partial charge in [0.15, 0.2) is 5.69 Å². The number of likely N-dealkylation sites (tertiary alicyclic amines) is 1. The third-order valence-corrected chi connectivity index (χ3v) is 6.57. The van der Waals surface area contributed by atoms with Gasteiger partial charge in [0.2, 0.25) is 0 Å². The largest absolute Gasteiger partial charge is 0.361 e. The maximum Gasteiger partial charge on any atom is 0.276 e. The monoisotopic (exact) mass is 411 g/mol. The van der Waals surface area contributed by atoms with Crippen molar-refractivity contribution in [1.29, 1.82) is 0 Å². The van der Waals surface area contributed by atoms with Crippen LogP contribution in [0.2, 0.25) is 0 Å². The SMILES string of the molecule is CCCc1cc(C(=O)N2CCC(c3nc(C)c(-c4ccnc(C)n4)s3)CC2)no1. The molecule has 3 aromatic heterocycles. The molecule has 8 heteroatoms. The van der Waals surface area contributed by atoms with E-state index in [2.05, 4.69) is 22.0 Å². The molecule has 7 nitrogen and oxygen atoms in total. The van der Waals surface area contributed by atoms with Gasteiger partial charge in [-0.2, -0.15) is 0 Å². The Morgan fingerprint density at radius 3 is 2.79 bits per heavy atom. The first-order valence-electron chi connectivity index (χ1n) is 10.1. The summed E-state index contributed by atoms with van der Waals surface area (Å²) in [5, 5.41) is 5.09. The third-order valence-electron chi connectivity index (χ3n) is 5.23. The molecule has 0 aromatic carbocycles. The summed E-state index contributed by atoms with van der Waals surface area (Å²) in [5.74, 6) is 1.87. The van der Waals surface area contributed by atoms with Crippen LogP contribution in [-0.2, 0) is 6.42 Å². The summed E-state index contributed by atoms with van der Waals surface area (Å²) in [6.45, 7) is 7.42. The van der Waals surface area contributed by atoms with Crippen molar-refractivity contribution in [3.05, 3.63) is 46.3 Å². The topological polar surface area (TPSA) is 85.0 Å². The van der Waals surface area contributed by atoms with Crippen LogP contribution in [0.25, 0.3) is 10.6 Å². The Hall–Kier alpha value is -2.61. The Kier molecular flexibility index (Phi) is 5.71. The van der Waals surface area contributed by atoms with Crippen LogP contribution in [0.1, 0.15) is 64.9 Å². The fraction of sp³-hybridized carbons (Fsp3) is 0.476. The number of hydrogen-bond donors (Lipinski definition) is 0. The molecule has 0 radical (unpaired) electrons. The van der Waals surface area contributed by atoms with E-state index in [9.17, 15) is 4.79 Å². The Morgan fingerprint density at radius 1 is 1.28 bits per heavy atom. The van der Waals surface area contributed by atoms with Crippen LogP contribution in [0.15, 0.2) is 22.9 Å². The Labute approximate surface area is 174 Å². The molecule has 152 valence electrons. The molecule has 1 amide bonds. The molecule has 3 aromatic rings. The highest BCUT2D eigenvalue weighted by atomic mass is 32.1. The van der Waals surface area contributed by atoms with Crippen LogP contribution in [-0.4, -0.2) is 44.0 Å². The average molecular weight is 412 g/mol. The van der Waals surface area contributed by atoms with Gasteiger partial charge in [0, 0.05) is 37.7 Å². The summed E-state index contributed by atoms with van der Waals surface area (Å²) in [6, 6.07) is 3.71. The minimum Gasteiger partial charge on any atom is -0.361 e. The second kappa shape index (κ2) is 8.41. The number of thiazole rings is 1. The molecule has 1 aliphatic rings. The van der Waals surface area contributed by atoms with E-state index in [1.54, 1.807) is 23.6 Å². The molecule has 4 rings (SSSR count). The van der Waals surface area contributed by atoms with E-state index < -0.39 is 0 Å². The van der Waals surface area contributed by atoms with Crippen molar-refractivity contribution in [2.24, 2.45) is 0 Å². The van der Waals surface area contributed by atoms with E-state index in [1.807, 2.05) is 24.8 Å². The van der Waals surface area contributed by atoms with E-state index in [-0.39, 0.29) is 5.91 Å². The van der Waals surface area contributed by atoms with Gasteiger partial charge >= 0.3 is 0 Å². The zero-order valence-electron chi connectivity index (χ0n) is 17.0. The highest BCUT2D eigenvalue weighted by molar-refractivity contribution is 7.15. The fourth-order valence-electron chi connectivity index (χ4n) is 3.68. The summed E-state index contributed by atoms with van der Waals surface area (Å²) in [5.41, 5.74) is 2.35. The highest BCUT2D eigenvalue weighted by Gasteiger charge is 2.28. The molecule has 0 saturated carbocycles. The molecular weight excluding hydrogens is 386 g/mol. The maximum atomic E-state index is 12.7. The summed E-state index contributed by atoms with van der Waals surface area (Å²) in [7, 11) is 0. The number of amides is 1. The molecule has 0 atom stereocenters. The van der Waals surface area contributed by atoms with Gasteiger partial charge in [-0.25, -0.2) is 15.0 Å². The first kappa shape index (κ1) is 19.7.